The normalized spacial score (nSPS) is 20.7. The van der Waals surface area contributed by atoms with E-state index in [1.165, 1.54) is 55.2 Å². The Hall–Kier alpha value is -0.860. The molecular weight excluding hydrogens is 244 g/mol. The molecule has 1 unspecified atom stereocenters. The van der Waals surface area contributed by atoms with Crippen molar-refractivity contribution < 1.29 is 0 Å². The van der Waals surface area contributed by atoms with Gasteiger partial charge in [-0.3, -0.25) is 0 Å². The number of benzene rings is 1. The van der Waals surface area contributed by atoms with Gasteiger partial charge in [0.25, 0.3) is 0 Å². The third-order valence-corrected chi connectivity index (χ3v) is 5.04. The molecule has 2 rings (SSSR count). The van der Waals surface area contributed by atoms with Gasteiger partial charge >= 0.3 is 0 Å². The number of nitrogens with zero attached hydrogens (tertiary/aromatic N) is 1. The minimum absolute atomic E-state index is 0.106. The Bertz CT molecular complexity index is 422. The average molecular weight is 274 g/mol. The highest BCUT2D eigenvalue weighted by Crippen LogP contribution is 2.40. The van der Waals surface area contributed by atoms with Crippen LogP contribution in [0.2, 0.25) is 0 Å². The van der Waals surface area contributed by atoms with Crippen LogP contribution in [0.25, 0.3) is 0 Å². The largest absolute Gasteiger partial charge is 0.322 e. The summed E-state index contributed by atoms with van der Waals surface area (Å²) >= 11 is 0. The van der Waals surface area contributed by atoms with Crippen molar-refractivity contribution in [2.45, 2.75) is 64.0 Å². The first kappa shape index (κ1) is 15.5. The van der Waals surface area contributed by atoms with Crippen molar-refractivity contribution in [3.05, 3.63) is 34.9 Å². The minimum atomic E-state index is 0.106. The number of hydrogen-bond donors (Lipinski definition) is 1. The van der Waals surface area contributed by atoms with Crippen LogP contribution < -0.4 is 5.73 Å². The first-order chi connectivity index (χ1) is 9.45. The van der Waals surface area contributed by atoms with Crippen molar-refractivity contribution in [3.63, 3.8) is 0 Å². The van der Waals surface area contributed by atoms with Gasteiger partial charge in [-0.25, -0.2) is 0 Å². The van der Waals surface area contributed by atoms with E-state index in [1.807, 2.05) is 0 Å². The van der Waals surface area contributed by atoms with E-state index in [0.717, 1.165) is 0 Å². The van der Waals surface area contributed by atoms with Crippen LogP contribution in [0.1, 0.15) is 61.3 Å². The van der Waals surface area contributed by atoms with Gasteiger partial charge in [0.2, 0.25) is 0 Å². The molecule has 0 saturated heterocycles. The predicted octanol–water partition coefficient (Wildman–Crippen LogP) is 3.96. The smallest absolute Gasteiger partial charge is 0.0482 e. The predicted molar refractivity (Wildman–Crippen MR) is 87.0 cm³/mol. The Morgan fingerprint density at radius 3 is 1.90 bits per heavy atom. The fraction of sp³-hybridized carbons (Fsp3) is 0.667. The molecule has 2 N–H and O–H groups in total. The van der Waals surface area contributed by atoms with Gasteiger partial charge in [-0.1, -0.05) is 55.0 Å². The molecule has 2 heteroatoms. The monoisotopic (exact) mass is 274 g/mol. The first-order valence-electron chi connectivity index (χ1n) is 7.97. The molecule has 0 bridgehead atoms. The number of rotatable bonds is 3. The van der Waals surface area contributed by atoms with Gasteiger partial charge in [-0.05, 0) is 46.3 Å². The number of likely N-dealkylation sites (N-methyl/N-ethyl adjacent to an activating group) is 1. The molecule has 112 valence electrons. The van der Waals surface area contributed by atoms with Gasteiger partial charge < -0.3 is 10.6 Å². The lowest BCUT2D eigenvalue weighted by molar-refractivity contribution is 0.0968. The molecule has 20 heavy (non-hydrogen) atoms. The zero-order valence-electron chi connectivity index (χ0n) is 13.6. The van der Waals surface area contributed by atoms with Crippen molar-refractivity contribution in [3.8, 4) is 0 Å². The van der Waals surface area contributed by atoms with Crippen molar-refractivity contribution >= 4 is 0 Å². The molecular formula is C18H30N2. The highest BCUT2D eigenvalue weighted by molar-refractivity contribution is 5.32. The quantitative estimate of drug-likeness (QED) is 0.845. The van der Waals surface area contributed by atoms with Crippen LogP contribution in [0.5, 0.6) is 0 Å². The molecule has 1 atom stereocenters. The van der Waals surface area contributed by atoms with Crippen molar-refractivity contribution in [1.29, 1.82) is 0 Å². The van der Waals surface area contributed by atoms with Crippen LogP contribution in [-0.4, -0.2) is 24.5 Å². The lowest BCUT2D eigenvalue weighted by Gasteiger charge is -2.44. The van der Waals surface area contributed by atoms with Crippen LogP contribution in [-0.2, 0) is 0 Å². The molecule has 0 radical (unpaired) electrons. The van der Waals surface area contributed by atoms with Gasteiger partial charge in [-0.15, -0.1) is 0 Å². The summed E-state index contributed by atoms with van der Waals surface area (Å²) in [6.07, 6.45) is 7.75. The molecule has 1 saturated carbocycles. The zero-order valence-corrected chi connectivity index (χ0v) is 13.6. The Labute approximate surface area is 124 Å². The van der Waals surface area contributed by atoms with E-state index in [9.17, 15) is 0 Å². The third kappa shape index (κ3) is 3.07. The molecule has 1 aliphatic carbocycles. The molecule has 0 aliphatic heterocycles. The molecule has 0 spiro atoms. The Morgan fingerprint density at radius 2 is 1.45 bits per heavy atom. The summed E-state index contributed by atoms with van der Waals surface area (Å²) < 4.78 is 0. The Morgan fingerprint density at radius 1 is 0.950 bits per heavy atom. The molecule has 0 heterocycles. The molecule has 0 aromatic heterocycles. The van der Waals surface area contributed by atoms with E-state index in [2.05, 4.69) is 51.0 Å². The number of hydrogen-bond acceptors (Lipinski definition) is 2. The SMILES string of the molecule is Cc1cc(C)cc(C(N)C2(N(C)C)CCCCCC2)c1. The molecule has 1 aromatic rings. The summed E-state index contributed by atoms with van der Waals surface area (Å²) in [6, 6.07) is 6.88. The second kappa shape index (κ2) is 6.28. The first-order valence-corrected chi connectivity index (χ1v) is 7.97. The number of aryl methyl sites for hydroxylation is 2. The lowest BCUT2D eigenvalue weighted by atomic mass is 9.78. The maximum Gasteiger partial charge on any atom is 0.0482 e. The maximum absolute atomic E-state index is 6.77. The van der Waals surface area contributed by atoms with E-state index in [4.69, 9.17) is 5.73 Å². The fourth-order valence-corrected chi connectivity index (χ4v) is 3.88. The van der Waals surface area contributed by atoms with E-state index < -0.39 is 0 Å². The fourth-order valence-electron chi connectivity index (χ4n) is 3.88. The Kier molecular flexibility index (Phi) is 4.87. The second-order valence-corrected chi connectivity index (χ2v) is 6.81. The lowest BCUT2D eigenvalue weighted by Crippen LogP contribution is -2.52. The highest BCUT2D eigenvalue weighted by Gasteiger charge is 2.39. The summed E-state index contributed by atoms with van der Waals surface area (Å²) in [5.74, 6) is 0. The summed E-state index contributed by atoms with van der Waals surface area (Å²) in [4.78, 5) is 2.39. The van der Waals surface area contributed by atoms with Crippen molar-refractivity contribution in [2.24, 2.45) is 5.73 Å². The molecule has 0 amide bonds. The Balaban J connectivity index is 2.37. The van der Waals surface area contributed by atoms with Gasteiger partial charge in [0.15, 0.2) is 0 Å². The van der Waals surface area contributed by atoms with Crippen molar-refractivity contribution in [2.75, 3.05) is 14.1 Å². The summed E-state index contributed by atoms with van der Waals surface area (Å²) in [7, 11) is 4.40. The van der Waals surface area contributed by atoms with Crippen molar-refractivity contribution in [1.82, 2.24) is 4.90 Å². The van der Waals surface area contributed by atoms with E-state index in [1.54, 1.807) is 0 Å². The van der Waals surface area contributed by atoms with Gasteiger partial charge in [0.05, 0.1) is 0 Å². The van der Waals surface area contributed by atoms with Crippen LogP contribution in [0.4, 0.5) is 0 Å². The van der Waals surface area contributed by atoms with E-state index >= 15 is 0 Å². The summed E-state index contributed by atoms with van der Waals surface area (Å²) in [5, 5.41) is 0. The van der Waals surface area contributed by atoms with E-state index in [-0.39, 0.29) is 11.6 Å². The van der Waals surface area contributed by atoms with Crippen LogP contribution >= 0.6 is 0 Å². The number of nitrogens with two attached hydrogens (primary N) is 1. The maximum atomic E-state index is 6.77. The van der Waals surface area contributed by atoms with Crippen LogP contribution in [0.15, 0.2) is 18.2 Å². The average Bonchev–Trinajstić information content (AvgIpc) is 2.63. The molecule has 1 aromatic carbocycles. The van der Waals surface area contributed by atoms with Crippen LogP contribution in [0, 0.1) is 13.8 Å². The van der Waals surface area contributed by atoms with Gasteiger partial charge in [0.1, 0.15) is 0 Å². The summed E-state index contributed by atoms with van der Waals surface area (Å²) in [6.45, 7) is 4.33. The van der Waals surface area contributed by atoms with Gasteiger partial charge in [0, 0.05) is 11.6 Å². The van der Waals surface area contributed by atoms with Crippen LogP contribution in [0.3, 0.4) is 0 Å². The highest BCUT2D eigenvalue weighted by atomic mass is 15.2. The molecule has 2 nitrogen and oxygen atoms in total. The van der Waals surface area contributed by atoms with Gasteiger partial charge in [-0.2, -0.15) is 0 Å². The molecule has 1 aliphatic rings. The summed E-state index contributed by atoms with van der Waals surface area (Å²) in [5.41, 5.74) is 10.8. The molecule has 1 fully saturated rings. The van der Waals surface area contributed by atoms with E-state index in [0.29, 0.717) is 0 Å². The second-order valence-electron chi connectivity index (χ2n) is 6.81. The topological polar surface area (TPSA) is 29.3 Å². The third-order valence-electron chi connectivity index (χ3n) is 5.04. The minimum Gasteiger partial charge on any atom is -0.322 e. The standard InChI is InChI=1S/C18H30N2/c1-14-11-15(2)13-16(12-14)17(19)18(20(3)4)9-7-5-6-8-10-18/h11-13,17H,5-10,19H2,1-4H3. The zero-order chi connectivity index (χ0) is 14.8.